The molecule has 1 fully saturated rings. The van der Waals surface area contributed by atoms with Crippen LogP contribution in [0.2, 0.25) is 0 Å². The fourth-order valence-electron chi connectivity index (χ4n) is 2.32. The summed E-state index contributed by atoms with van der Waals surface area (Å²) in [6.07, 6.45) is 4.75. The predicted molar refractivity (Wildman–Crippen MR) is 93.8 cm³/mol. The number of hydrogen-bond acceptors (Lipinski definition) is 4. The minimum atomic E-state index is -0.883. The van der Waals surface area contributed by atoms with Gasteiger partial charge in [0.1, 0.15) is 5.54 Å². The van der Waals surface area contributed by atoms with Crippen molar-refractivity contribution in [3.05, 3.63) is 39.9 Å². The van der Waals surface area contributed by atoms with Gasteiger partial charge in [-0.25, -0.2) is 4.79 Å². The van der Waals surface area contributed by atoms with Crippen molar-refractivity contribution in [3.63, 3.8) is 0 Å². The second-order valence-electron chi connectivity index (χ2n) is 6.10. The first kappa shape index (κ1) is 18.2. The van der Waals surface area contributed by atoms with Gasteiger partial charge in [0.05, 0.1) is 6.07 Å². The Labute approximate surface area is 149 Å². The summed E-state index contributed by atoms with van der Waals surface area (Å²) in [6.45, 7) is 3.27. The molecular formula is C18H19BrN2O3. The van der Waals surface area contributed by atoms with E-state index in [1.807, 2.05) is 25.1 Å². The number of carbonyl (C=O) groups is 2. The zero-order chi connectivity index (χ0) is 17.7. The molecule has 0 aromatic heterocycles. The topological polar surface area (TPSA) is 79.2 Å². The summed E-state index contributed by atoms with van der Waals surface area (Å²) in [5, 5.41) is 11.8. The van der Waals surface area contributed by atoms with Crippen LogP contribution in [0.15, 0.2) is 28.7 Å². The highest BCUT2D eigenvalue weighted by atomic mass is 79.9. The van der Waals surface area contributed by atoms with Crippen molar-refractivity contribution in [2.24, 2.45) is 5.92 Å². The summed E-state index contributed by atoms with van der Waals surface area (Å²) in [7, 11) is 0. The van der Waals surface area contributed by atoms with Crippen LogP contribution in [-0.4, -0.2) is 24.0 Å². The molecular weight excluding hydrogens is 372 g/mol. The quantitative estimate of drug-likeness (QED) is 0.597. The zero-order valence-corrected chi connectivity index (χ0v) is 15.2. The Hall–Kier alpha value is -2.13. The maximum Gasteiger partial charge on any atom is 0.331 e. The van der Waals surface area contributed by atoms with Crippen LogP contribution in [0.25, 0.3) is 6.08 Å². The van der Waals surface area contributed by atoms with Gasteiger partial charge < -0.3 is 10.1 Å². The van der Waals surface area contributed by atoms with Crippen LogP contribution < -0.4 is 5.32 Å². The summed E-state index contributed by atoms with van der Waals surface area (Å²) in [4.78, 5) is 23.6. The number of hydrogen-bond donors (Lipinski definition) is 1. The maximum atomic E-state index is 11.8. The molecule has 6 heteroatoms. The molecule has 0 aliphatic heterocycles. The van der Waals surface area contributed by atoms with Crippen LogP contribution in [0, 0.1) is 24.2 Å². The van der Waals surface area contributed by atoms with Crippen LogP contribution in [0.1, 0.15) is 30.9 Å². The van der Waals surface area contributed by atoms with Crippen LogP contribution in [0.5, 0.6) is 0 Å². The van der Waals surface area contributed by atoms with Gasteiger partial charge in [-0.15, -0.1) is 0 Å². The molecule has 1 saturated carbocycles. The first-order valence-electron chi connectivity index (χ1n) is 7.67. The van der Waals surface area contributed by atoms with E-state index in [9.17, 15) is 14.9 Å². The molecule has 1 atom stereocenters. The first-order valence-corrected chi connectivity index (χ1v) is 8.46. The largest absolute Gasteiger partial charge is 0.452 e. The minimum Gasteiger partial charge on any atom is -0.452 e. The lowest BCUT2D eigenvalue weighted by atomic mass is 9.98. The average Bonchev–Trinajstić information content (AvgIpc) is 3.37. The summed E-state index contributed by atoms with van der Waals surface area (Å²) < 4.78 is 5.79. The summed E-state index contributed by atoms with van der Waals surface area (Å²) >= 11 is 3.42. The predicted octanol–water partition coefficient (Wildman–Crippen LogP) is 3.12. The normalized spacial score (nSPS) is 16.2. The van der Waals surface area contributed by atoms with E-state index in [0.29, 0.717) is 0 Å². The van der Waals surface area contributed by atoms with E-state index in [1.54, 1.807) is 13.0 Å². The molecule has 126 valence electrons. The summed E-state index contributed by atoms with van der Waals surface area (Å²) in [5.74, 6) is -0.896. The SMILES string of the molecule is Cc1ccc(/C=C/C(=O)OCC(=O)N[C@@](C)(C#N)C2CC2)c(Br)c1. The molecule has 1 amide bonds. The third kappa shape index (κ3) is 4.93. The first-order chi connectivity index (χ1) is 11.3. The van der Waals surface area contributed by atoms with Gasteiger partial charge in [-0.05, 0) is 55.9 Å². The molecule has 5 nitrogen and oxygen atoms in total. The average molecular weight is 391 g/mol. The smallest absolute Gasteiger partial charge is 0.331 e. The lowest BCUT2D eigenvalue weighted by Gasteiger charge is -2.22. The Balaban J connectivity index is 1.83. The molecule has 1 aliphatic rings. The standard InChI is InChI=1S/C18H19BrN2O3/c1-12-3-4-13(15(19)9-12)5-8-17(23)24-10-16(22)21-18(2,11-20)14-6-7-14/h3-5,8-9,14H,6-7,10H2,1-2H3,(H,21,22)/b8-5+/t18-/m0/s1. The van der Waals surface area contributed by atoms with E-state index >= 15 is 0 Å². The van der Waals surface area contributed by atoms with Gasteiger partial charge in [-0.1, -0.05) is 28.1 Å². The van der Waals surface area contributed by atoms with Gasteiger partial charge in [0.25, 0.3) is 5.91 Å². The Morgan fingerprint density at radius 2 is 2.21 bits per heavy atom. The lowest BCUT2D eigenvalue weighted by molar-refractivity contribution is -0.144. The number of aryl methyl sites for hydroxylation is 1. The molecule has 0 unspecified atom stereocenters. The van der Waals surface area contributed by atoms with Crippen molar-refractivity contribution in [2.45, 2.75) is 32.2 Å². The van der Waals surface area contributed by atoms with Crippen LogP contribution in [0.3, 0.4) is 0 Å². The van der Waals surface area contributed by atoms with E-state index in [-0.39, 0.29) is 5.92 Å². The monoisotopic (exact) mass is 390 g/mol. The van der Waals surface area contributed by atoms with Crippen molar-refractivity contribution >= 4 is 33.9 Å². The Bertz CT molecular complexity index is 719. The van der Waals surface area contributed by atoms with Crippen molar-refractivity contribution in [1.82, 2.24) is 5.32 Å². The van der Waals surface area contributed by atoms with Gasteiger partial charge >= 0.3 is 5.97 Å². The second kappa shape index (κ2) is 7.63. The molecule has 24 heavy (non-hydrogen) atoms. The van der Waals surface area contributed by atoms with Gasteiger partial charge in [0.2, 0.25) is 0 Å². The summed E-state index contributed by atoms with van der Waals surface area (Å²) in [5.41, 5.74) is 1.06. The van der Waals surface area contributed by atoms with E-state index in [2.05, 4.69) is 27.3 Å². The summed E-state index contributed by atoms with van der Waals surface area (Å²) in [6, 6.07) is 7.88. The van der Waals surface area contributed by atoms with E-state index in [4.69, 9.17) is 4.74 Å². The number of benzene rings is 1. The molecule has 0 bridgehead atoms. The number of esters is 1. The molecule has 0 saturated heterocycles. The highest BCUT2D eigenvalue weighted by Crippen LogP contribution is 2.39. The highest BCUT2D eigenvalue weighted by molar-refractivity contribution is 9.10. The van der Waals surface area contributed by atoms with Gasteiger partial charge in [-0.2, -0.15) is 5.26 Å². The van der Waals surface area contributed by atoms with E-state index in [1.165, 1.54) is 6.08 Å². The number of amides is 1. The molecule has 1 N–H and O–H groups in total. The number of rotatable bonds is 6. The minimum absolute atomic E-state index is 0.181. The van der Waals surface area contributed by atoms with Gasteiger partial charge in [0, 0.05) is 10.5 Å². The molecule has 2 rings (SSSR count). The Morgan fingerprint density at radius 1 is 1.50 bits per heavy atom. The lowest BCUT2D eigenvalue weighted by Crippen LogP contribution is -2.48. The van der Waals surface area contributed by atoms with Crippen LogP contribution >= 0.6 is 15.9 Å². The third-order valence-electron chi connectivity index (χ3n) is 3.93. The van der Waals surface area contributed by atoms with Crippen LogP contribution in [-0.2, 0) is 14.3 Å². The number of halogens is 1. The highest BCUT2D eigenvalue weighted by Gasteiger charge is 2.43. The number of nitriles is 1. The van der Waals surface area contributed by atoms with Crippen molar-refractivity contribution in [1.29, 1.82) is 5.26 Å². The third-order valence-corrected chi connectivity index (χ3v) is 4.61. The van der Waals surface area contributed by atoms with Gasteiger partial charge in [-0.3, -0.25) is 4.79 Å². The molecule has 0 spiro atoms. The number of carbonyl (C=O) groups excluding carboxylic acids is 2. The number of nitrogens with zero attached hydrogens (tertiary/aromatic N) is 1. The second-order valence-corrected chi connectivity index (χ2v) is 6.96. The molecule has 0 heterocycles. The van der Waals surface area contributed by atoms with Gasteiger partial charge in [0.15, 0.2) is 6.61 Å². The maximum absolute atomic E-state index is 11.8. The van der Waals surface area contributed by atoms with Crippen molar-refractivity contribution in [2.75, 3.05) is 6.61 Å². The van der Waals surface area contributed by atoms with Crippen molar-refractivity contribution < 1.29 is 14.3 Å². The fourth-order valence-corrected chi connectivity index (χ4v) is 2.94. The molecule has 1 aromatic rings. The zero-order valence-electron chi connectivity index (χ0n) is 13.6. The Morgan fingerprint density at radius 3 is 2.79 bits per heavy atom. The fraction of sp³-hybridized carbons (Fsp3) is 0.389. The van der Waals surface area contributed by atoms with E-state index < -0.39 is 24.0 Å². The molecule has 1 aromatic carbocycles. The van der Waals surface area contributed by atoms with E-state index in [0.717, 1.165) is 28.4 Å². The molecule has 0 radical (unpaired) electrons. The number of ether oxygens (including phenoxy) is 1. The van der Waals surface area contributed by atoms with Crippen LogP contribution in [0.4, 0.5) is 0 Å². The molecule has 1 aliphatic carbocycles. The number of nitrogens with one attached hydrogen (secondary N) is 1. The van der Waals surface area contributed by atoms with Crippen molar-refractivity contribution in [3.8, 4) is 6.07 Å². The Kier molecular flexibility index (Phi) is 5.79.